The fourth-order valence-corrected chi connectivity index (χ4v) is 1.87. The number of ether oxygens (including phenoxy) is 1. The van der Waals surface area contributed by atoms with Gasteiger partial charge < -0.3 is 4.74 Å². The molecule has 1 amide bonds. The first-order valence-electron chi connectivity index (χ1n) is 6.74. The van der Waals surface area contributed by atoms with Crippen LogP contribution in [0, 0.1) is 17.0 Å². The van der Waals surface area contributed by atoms with Gasteiger partial charge in [-0.05, 0) is 42.8 Å². The molecule has 0 aromatic heterocycles. The van der Waals surface area contributed by atoms with E-state index < -0.39 is 10.8 Å². The maximum absolute atomic E-state index is 12.0. The number of carbonyl (C=O) groups excluding carboxylic acids is 1. The quantitative estimate of drug-likeness (QED) is 0.521. The van der Waals surface area contributed by atoms with Gasteiger partial charge in [-0.15, -0.1) is 0 Å². The lowest BCUT2D eigenvalue weighted by molar-refractivity contribution is -0.385. The molecule has 0 spiro atoms. The minimum absolute atomic E-state index is 0.100. The summed E-state index contributed by atoms with van der Waals surface area (Å²) in [4.78, 5) is 22.3. The van der Waals surface area contributed by atoms with Gasteiger partial charge in [0.15, 0.2) is 0 Å². The van der Waals surface area contributed by atoms with Gasteiger partial charge >= 0.3 is 0 Å². The topological polar surface area (TPSA) is 93.8 Å². The van der Waals surface area contributed by atoms with Crippen LogP contribution >= 0.6 is 0 Å². The summed E-state index contributed by atoms with van der Waals surface area (Å²) in [6, 6.07) is 11.4. The molecule has 7 nitrogen and oxygen atoms in total. The van der Waals surface area contributed by atoms with Gasteiger partial charge in [0, 0.05) is 17.2 Å². The Bertz CT molecular complexity index is 754. The number of amides is 1. The van der Waals surface area contributed by atoms with E-state index in [9.17, 15) is 14.9 Å². The normalized spacial score (nSPS) is 10.5. The summed E-state index contributed by atoms with van der Waals surface area (Å²) >= 11 is 0. The Kier molecular flexibility index (Phi) is 5.03. The molecule has 2 rings (SSSR count). The van der Waals surface area contributed by atoms with Crippen molar-refractivity contribution in [3.63, 3.8) is 0 Å². The van der Waals surface area contributed by atoms with Crippen LogP contribution in [0.4, 0.5) is 5.69 Å². The summed E-state index contributed by atoms with van der Waals surface area (Å²) < 4.78 is 5.04. The highest BCUT2D eigenvalue weighted by Crippen LogP contribution is 2.19. The lowest BCUT2D eigenvalue weighted by Crippen LogP contribution is -2.17. The highest BCUT2D eigenvalue weighted by molar-refractivity contribution is 5.95. The number of nitrogens with one attached hydrogen (secondary N) is 1. The number of nitro benzene ring substituents is 1. The molecule has 0 fully saturated rings. The Morgan fingerprint density at radius 1 is 1.26 bits per heavy atom. The molecule has 0 aliphatic heterocycles. The third-order valence-corrected chi connectivity index (χ3v) is 3.16. The van der Waals surface area contributed by atoms with E-state index in [2.05, 4.69) is 10.5 Å². The van der Waals surface area contributed by atoms with Crippen LogP contribution in [-0.2, 0) is 0 Å². The van der Waals surface area contributed by atoms with Crippen LogP contribution in [0.25, 0.3) is 0 Å². The number of nitro groups is 1. The molecule has 0 unspecified atom stereocenters. The van der Waals surface area contributed by atoms with Crippen molar-refractivity contribution in [3.05, 3.63) is 69.3 Å². The van der Waals surface area contributed by atoms with Crippen molar-refractivity contribution in [1.29, 1.82) is 0 Å². The molecular weight excluding hydrogens is 298 g/mol. The van der Waals surface area contributed by atoms with Crippen molar-refractivity contribution in [2.75, 3.05) is 7.11 Å². The number of hydrogen-bond donors (Lipinski definition) is 1. The van der Waals surface area contributed by atoms with Crippen molar-refractivity contribution >= 4 is 17.8 Å². The number of rotatable bonds is 5. The summed E-state index contributed by atoms with van der Waals surface area (Å²) in [5.74, 6) is 0.205. The zero-order valence-electron chi connectivity index (χ0n) is 12.6. The average Bonchev–Trinajstić information content (AvgIpc) is 2.55. The van der Waals surface area contributed by atoms with Crippen LogP contribution in [-0.4, -0.2) is 24.2 Å². The van der Waals surface area contributed by atoms with Crippen molar-refractivity contribution < 1.29 is 14.5 Å². The summed E-state index contributed by atoms with van der Waals surface area (Å²) in [5, 5.41) is 14.7. The average molecular weight is 313 g/mol. The molecule has 0 atom stereocenters. The van der Waals surface area contributed by atoms with Gasteiger partial charge in [-0.2, -0.15) is 5.10 Å². The Balaban J connectivity index is 2.05. The molecule has 0 heterocycles. The smallest absolute Gasteiger partial charge is 0.273 e. The number of hydrogen-bond acceptors (Lipinski definition) is 5. The van der Waals surface area contributed by atoms with Crippen LogP contribution in [0.3, 0.4) is 0 Å². The number of methoxy groups -OCH3 is 1. The van der Waals surface area contributed by atoms with E-state index in [1.165, 1.54) is 24.4 Å². The van der Waals surface area contributed by atoms with Crippen LogP contribution in [0.5, 0.6) is 5.75 Å². The fraction of sp³-hybridized carbons (Fsp3) is 0.125. The molecule has 1 N–H and O–H groups in total. The molecule has 0 radical (unpaired) electrons. The number of hydrazone groups is 1. The maximum atomic E-state index is 12.0. The Labute approximate surface area is 132 Å². The number of carbonyl (C=O) groups is 1. The number of benzene rings is 2. The number of nitrogens with zero attached hydrogens (tertiary/aromatic N) is 2. The van der Waals surface area contributed by atoms with Gasteiger partial charge in [-0.3, -0.25) is 14.9 Å². The summed E-state index contributed by atoms with van der Waals surface area (Å²) in [6.45, 7) is 1.61. The Morgan fingerprint density at radius 3 is 2.57 bits per heavy atom. The fourth-order valence-electron chi connectivity index (χ4n) is 1.87. The zero-order chi connectivity index (χ0) is 16.8. The van der Waals surface area contributed by atoms with E-state index in [0.717, 1.165) is 11.3 Å². The molecular formula is C16H15N3O4. The minimum Gasteiger partial charge on any atom is -0.497 e. The highest BCUT2D eigenvalue weighted by atomic mass is 16.6. The third-order valence-electron chi connectivity index (χ3n) is 3.16. The predicted octanol–water partition coefficient (Wildman–Crippen LogP) is 2.68. The molecule has 0 aliphatic rings. The molecule has 23 heavy (non-hydrogen) atoms. The standard InChI is InChI=1S/C16H15N3O4/c1-11-3-6-13(9-15(11)19(21)22)16(20)18-17-10-12-4-7-14(23-2)8-5-12/h3-10H,1-2H3,(H,18,20). The molecule has 7 heteroatoms. The van der Waals surface area contributed by atoms with Crippen molar-refractivity contribution in [3.8, 4) is 5.75 Å². The third kappa shape index (κ3) is 4.13. The van der Waals surface area contributed by atoms with Crippen molar-refractivity contribution in [2.45, 2.75) is 6.92 Å². The molecule has 0 saturated carbocycles. The maximum Gasteiger partial charge on any atom is 0.273 e. The van der Waals surface area contributed by atoms with E-state index in [0.29, 0.717) is 5.56 Å². The second kappa shape index (κ2) is 7.17. The monoisotopic (exact) mass is 313 g/mol. The zero-order valence-corrected chi connectivity index (χ0v) is 12.6. The summed E-state index contributed by atoms with van der Waals surface area (Å²) in [5.41, 5.74) is 3.69. The lowest BCUT2D eigenvalue weighted by atomic mass is 10.1. The van der Waals surface area contributed by atoms with Crippen LogP contribution in [0.15, 0.2) is 47.6 Å². The highest BCUT2D eigenvalue weighted by Gasteiger charge is 2.14. The SMILES string of the molecule is COc1ccc(C=NNC(=O)c2ccc(C)c([N+](=O)[O-])c2)cc1. The first-order chi connectivity index (χ1) is 11.0. The second-order valence-corrected chi connectivity index (χ2v) is 4.73. The number of aryl methyl sites for hydroxylation is 1. The van der Waals surface area contributed by atoms with Gasteiger partial charge in [0.2, 0.25) is 0 Å². The molecule has 2 aromatic rings. The first kappa shape index (κ1) is 16.2. The van der Waals surface area contributed by atoms with Gasteiger partial charge in [-0.25, -0.2) is 5.43 Å². The molecule has 2 aromatic carbocycles. The summed E-state index contributed by atoms with van der Waals surface area (Å²) in [6.07, 6.45) is 1.47. The second-order valence-electron chi connectivity index (χ2n) is 4.73. The van der Waals surface area contributed by atoms with Gasteiger partial charge in [0.1, 0.15) is 5.75 Å². The van der Waals surface area contributed by atoms with Crippen LogP contribution in [0.2, 0.25) is 0 Å². The van der Waals surface area contributed by atoms with Gasteiger partial charge in [-0.1, -0.05) is 6.07 Å². The van der Waals surface area contributed by atoms with Crippen molar-refractivity contribution in [1.82, 2.24) is 5.43 Å². The first-order valence-corrected chi connectivity index (χ1v) is 6.74. The summed E-state index contributed by atoms with van der Waals surface area (Å²) in [7, 11) is 1.57. The van der Waals surface area contributed by atoms with Crippen molar-refractivity contribution in [2.24, 2.45) is 5.10 Å². The van der Waals surface area contributed by atoms with Gasteiger partial charge in [0.05, 0.1) is 18.2 Å². The Hall–Kier alpha value is -3.22. The minimum atomic E-state index is -0.521. The van der Waals surface area contributed by atoms with E-state index in [-0.39, 0.29) is 11.3 Å². The molecule has 0 saturated heterocycles. The van der Waals surface area contributed by atoms with E-state index in [4.69, 9.17) is 4.74 Å². The predicted molar refractivity (Wildman–Crippen MR) is 85.9 cm³/mol. The van der Waals surface area contributed by atoms with Gasteiger partial charge in [0.25, 0.3) is 11.6 Å². The molecule has 0 aliphatic carbocycles. The van der Waals surface area contributed by atoms with E-state index in [1.807, 2.05) is 0 Å². The van der Waals surface area contributed by atoms with Crippen LogP contribution in [0.1, 0.15) is 21.5 Å². The van der Waals surface area contributed by atoms with E-state index >= 15 is 0 Å². The Morgan fingerprint density at radius 2 is 1.96 bits per heavy atom. The molecule has 0 bridgehead atoms. The largest absolute Gasteiger partial charge is 0.497 e. The molecule has 118 valence electrons. The van der Waals surface area contributed by atoms with Crippen LogP contribution < -0.4 is 10.2 Å². The lowest BCUT2D eigenvalue weighted by Gasteiger charge is -2.02. The van der Waals surface area contributed by atoms with E-state index in [1.54, 1.807) is 38.3 Å².